The predicted molar refractivity (Wildman–Crippen MR) is 91.5 cm³/mol. The van der Waals surface area contributed by atoms with Gasteiger partial charge in [0.15, 0.2) is 0 Å². The molecule has 1 fully saturated rings. The quantitative estimate of drug-likeness (QED) is 0.459. The highest BCUT2D eigenvalue weighted by Crippen LogP contribution is 2.58. The van der Waals surface area contributed by atoms with Crippen molar-refractivity contribution >= 4 is 23.5 Å². The number of ether oxygens (including phenoxy) is 1. The molecule has 1 heterocycles. The van der Waals surface area contributed by atoms with Gasteiger partial charge >= 0.3 is 11.9 Å². The Kier molecular flexibility index (Phi) is 3.61. The van der Waals surface area contributed by atoms with Crippen molar-refractivity contribution in [1.82, 2.24) is 0 Å². The minimum atomic E-state index is -0.455. The number of carbonyl (C=O) groups excluding carboxylic acids is 2. The highest BCUT2D eigenvalue weighted by atomic mass is 35.5. The third-order valence-corrected chi connectivity index (χ3v) is 6.75. The summed E-state index contributed by atoms with van der Waals surface area (Å²) in [6.07, 6.45) is 4.80. The molecule has 3 aliphatic rings. The van der Waals surface area contributed by atoms with Crippen LogP contribution in [0, 0.1) is 11.3 Å². The molecule has 24 heavy (non-hydrogen) atoms. The van der Waals surface area contributed by atoms with E-state index in [2.05, 4.69) is 31.2 Å². The van der Waals surface area contributed by atoms with Crippen LogP contribution in [0.4, 0.5) is 0 Å². The lowest BCUT2D eigenvalue weighted by atomic mass is 9.62. The Morgan fingerprint density at radius 3 is 2.67 bits per heavy atom. The zero-order valence-electron chi connectivity index (χ0n) is 13.8. The van der Waals surface area contributed by atoms with E-state index in [1.54, 1.807) is 0 Å². The summed E-state index contributed by atoms with van der Waals surface area (Å²) in [6, 6.07) is 10.4. The molecule has 3 nitrogen and oxygen atoms in total. The monoisotopic (exact) mass is 344 g/mol. The van der Waals surface area contributed by atoms with E-state index in [1.165, 1.54) is 5.56 Å². The molecule has 0 N–H and O–H groups in total. The first kappa shape index (κ1) is 15.9. The van der Waals surface area contributed by atoms with Crippen molar-refractivity contribution in [3.05, 3.63) is 47.0 Å². The average molecular weight is 345 g/mol. The van der Waals surface area contributed by atoms with Gasteiger partial charge < -0.3 is 4.74 Å². The number of rotatable bonds is 2. The predicted octanol–water partition coefficient (Wildman–Crippen LogP) is 4.19. The molecule has 2 bridgehead atoms. The lowest BCUT2D eigenvalue weighted by molar-refractivity contribution is -0.151. The Morgan fingerprint density at radius 2 is 1.92 bits per heavy atom. The highest BCUT2D eigenvalue weighted by Gasteiger charge is 2.55. The average Bonchev–Trinajstić information content (AvgIpc) is 2.78. The van der Waals surface area contributed by atoms with Gasteiger partial charge in [0.05, 0.1) is 5.57 Å². The molecular formula is C20H21ClO3. The molecule has 0 spiro atoms. The second-order valence-corrected chi connectivity index (χ2v) is 8.48. The molecule has 4 heteroatoms. The summed E-state index contributed by atoms with van der Waals surface area (Å²) in [7, 11) is 0. The lowest BCUT2D eigenvalue weighted by Gasteiger charge is -2.47. The molecule has 2 aliphatic carbocycles. The molecule has 3 atom stereocenters. The summed E-state index contributed by atoms with van der Waals surface area (Å²) in [5.41, 5.74) is 2.13. The van der Waals surface area contributed by atoms with Gasteiger partial charge in [-0.25, -0.2) is 9.59 Å². The van der Waals surface area contributed by atoms with Crippen LogP contribution in [0.2, 0.25) is 0 Å². The first-order valence-corrected chi connectivity index (χ1v) is 9.02. The SMILES string of the molecule is C[C@@]12CC[C@@H](Cc3ccccc3)[C@@](Cl)(CCC3=C1C(=O)OC3=O)C2. The number of benzene rings is 1. The summed E-state index contributed by atoms with van der Waals surface area (Å²) < 4.78 is 4.88. The van der Waals surface area contributed by atoms with Crippen molar-refractivity contribution in [2.24, 2.45) is 11.3 Å². The van der Waals surface area contributed by atoms with E-state index >= 15 is 0 Å². The van der Waals surface area contributed by atoms with Crippen molar-refractivity contribution in [2.75, 3.05) is 0 Å². The maximum atomic E-state index is 12.2. The van der Waals surface area contributed by atoms with Crippen LogP contribution in [0.15, 0.2) is 41.5 Å². The third-order valence-electron chi connectivity index (χ3n) is 6.12. The topological polar surface area (TPSA) is 43.4 Å². The fourth-order valence-corrected chi connectivity index (χ4v) is 5.49. The Hall–Kier alpha value is -1.61. The van der Waals surface area contributed by atoms with E-state index in [0.29, 0.717) is 23.5 Å². The van der Waals surface area contributed by atoms with Crippen LogP contribution >= 0.6 is 11.6 Å². The number of halogens is 1. The number of alkyl halides is 1. The molecule has 0 amide bonds. The van der Waals surface area contributed by atoms with Crippen molar-refractivity contribution < 1.29 is 14.3 Å². The van der Waals surface area contributed by atoms with E-state index < -0.39 is 11.9 Å². The fraction of sp³-hybridized carbons (Fsp3) is 0.500. The van der Waals surface area contributed by atoms with Gasteiger partial charge in [-0.15, -0.1) is 11.6 Å². The minimum Gasteiger partial charge on any atom is -0.386 e. The van der Waals surface area contributed by atoms with E-state index in [-0.39, 0.29) is 10.3 Å². The lowest BCUT2D eigenvalue weighted by Crippen LogP contribution is -2.44. The number of carbonyl (C=O) groups is 2. The summed E-state index contributed by atoms with van der Waals surface area (Å²) >= 11 is 7.13. The second kappa shape index (κ2) is 5.45. The number of fused-ring (bicyclic) bond motifs is 3. The molecule has 0 saturated heterocycles. The van der Waals surface area contributed by atoms with Crippen LogP contribution in [-0.2, 0) is 20.7 Å². The fourth-order valence-electron chi connectivity index (χ4n) is 4.91. The van der Waals surface area contributed by atoms with Crippen molar-refractivity contribution in [3.8, 4) is 0 Å². The third kappa shape index (κ3) is 2.41. The molecule has 4 rings (SSSR count). The molecule has 1 saturated carbocycles. The second-order valence-electron chi connectivity index (χ2n) is 7.73. The van der Waals surface area contributed by atoms with E-state index in [9.17, 15) is 9.59 Å². The number of hydrogen-bond acceptors (Lipinski definition) is 3. The molecule has 0 aromatic heterocycles. The van der Waals surface area contributed by atoms with Crippen molar-refractivity contribution in [1.29, 1.82) is 0 Å². The Morgan fingerprint density at radius 1 is 1.17 bits per heavy atom. The summed E-state index contributed by atoms with van der Waals surface area (Å²) in [5.74, 6) is -0.538. The number of hydrogen-bond donors (Lipinski definition) is 0. The first-order valence-electron chi connectivity index (χ1n) is 8.64. The standard InChI is InChI=1S/C20H21ClO3/c1-19-9-7-14(11-13-5-3-2-4-6-13)20(21,12-19)10-8-15-16(19)18(23)24-17(15)22/h2-6,14H,7-12H2,1H3/t14-,19-,20+/m0/s1. The first-order chi connectivity index (χ1) is 11.4. The van der Waals surface area contributed by atoms with Crippen molar-refractivity contribution in [2.45, 2.75) is 50.3 Å². The van der Waals surface area contributed by atoms with Crippen LogP contribution in [0.5, 0.6) is 0 Å². The van der Waals surface area contributed by atoms with Crippen LogP contribution in [0.1, 0.15) is 44.6 Å². The number of cyclic esters (lactones) is 2. The smallest absolute Gasteiger partial charge is 0.343 e. The van der Waals surface area contributed by atoms with Gasteiger partial charge in [-0.3, -0.25) is 0 Å². The molecule has 126 valence electrons. The summed E-state index contributed by atoms with van der Waals surface area (Å²) in [6.45, 7) is 2.07. The van der Waals surface area contributed by atoms with Gasteiger partial charge in [0, 0.05) is 15.9 Å². The van der Waals surface area contributed by atoms with Gasteiger partial charge in [-0.1, -0.05) is 37.3 Å². The van der Waals surface area contributed by atoms with Crippen LogP contribution in [0.25, 0.3) is 0 Å². The van der Waals surface area contributed by atoms with E-state index in [4.69, 9.17) is 16.3 Å². The van der Waals surface area contributed by atoms with Crippen molar-refractivity contribution in [3.63, 3.8) is 0 Å². The highest BCUT2D eigenvalue weighted by molar-refractivity contribution is 6.24. The van der Waals surface area contributed by atoms with Crippen LogP contribution in [-0.4, -0.2) is 16.8 Å². The molecule has 1 aliphatic heterocycles. The minimum absolute atomic E-state index is 0.343. The molecule has 0 unspecified atom stereocenters. The largest absolute Gasteiger partial charge is 0.386 e. The molecule has 0 radical (unpaired) electrons. The zero-order chi connectivity index (χ0) is 16.9. The van der Waals surface area contributed by atoms with Crippen LogP contribution in [0.3, 0.4) is 0 Å². The molecule has 1 aromatic rings. The zero-order valence-corrected chi connectivity index (χ0v) is 14.6. The summed E-state index contributed by atoms with van der Waals surface area (Å²) in [4.78, 5) is 23.9. The van der Waals surface area contributed by atoms with Gasteiger partial charge in [-0.05, 0) is 50.0 Å². The Balaban J connectivity index is 1.65. The van der Waals surface area contributed by atoms with E-state index in [0.717, 1.165) is 32.1 Å². The van der Waals surface area contributed by atoms with Gasteiger partial charge in [0.2, 0.25) is 0 Å². The Labute approximate surface area is 147 Å². The maximum Gasteiger partial charge on any atom is 0.343 e. The normalized spacial score (nSPS) is 35.5. The summed E-state index contributed by atoms with van der Waals surface area (Å²) in [5, 5.41) is 0. The van der Waals surface area contributed by atoms with Gasteiger partial charge in [-0.2, -0.15) is 0 Å². The molecular weight excluding hydrogens is 324 g/mol. The van der Waals surface area contributed by atoms with Gasteiger partial charge in [0.1, 0.15) is 0 Å². The molecule has 1 aromatic carbocycles. The van der Waals surface area contributed by atoms with Crippen LogP contribution < -0.4 is 0 Å². The Bertz CT molecular complexity index is 739. The number of esters is 2. The maximum absolute atomic E-state index is 12.2. The van der Waals surface area contributed by atoms with E-state index in [1.807, 2.05) is 6.07 Å². The van der Waals surface area contributed by atoms with Gasteiger partial charge in [0.25, 0.3) is 0 Å².